The first-order chi connectivity index (χ1) is 26.8. The zero-order valence-corrected chi connectivity index (χ0v) is 29.3. The third-order valence-electron chi connectivity index (χ3n) is 11.8. The topological polar surface area (TPSA) is 26.3 Å². The van der Waals surface area contributed by atoms with E-state index in [9.17, 15) is 0 Å². The van der Waals surface area contributed by atoms with Gasteiger partial charge >= 0.3 is 0 Å². The van der Waals surface area contributed by atoms with Crippen LogP contribution in [0.15, 0.2) is 173 Å². The van der Waals surface area contributed by atoms with Crippen molar-refractivity contribution in [2.75, 3.05) is 0 Å². The Morgan fingerprint density at radius 1 is 0.444 bits per heavy atom. The van der Waals surface area contributed by atoms with Gasteiger partial charge in [0.1, 0.15) is 22.2 Å². The molecule has 11 aromatic rings. The van der Waals surface area contributed by atoms with Crippen molar-refractivity contribution in [3.8, 4) is 22.3 Å². The van der Waals surface area contributed by atoms with Crippen molar-refractivity contribution in [2.45, 2.75) is 12.3 Å². The summed E-state index contributed by atoms with van der Waals surface area (Å²) in [5, 5.41) is 14.5. The van der Waals surface area contributed by atoms with E-state index in [2.05, 4.69) is 164 Å². The summed E-state index contributed by atoms with van der Waals surface area (Å²) in [7, 11) is 0. The van der Waals surface area contributed by atoms with Gasteiger partial charge in [0.05, 0.1) is 0 Å². The van der Waals surface area contributed by atoms with Crippen LogP contribution in [-0.2, 0) is 0 Å². The number of para-hydroxylation sites is 1. The fraction of sp³-hybridized carbons (Fsp3) is 0.0385. The lowest BCUT2D eigenvalue weighted by Gasteiger charge is -2.20. The average molecular weight is 689 g/mol. The summed E-state index contributed by atoms with van der Waals surface area (Å²) in [6.45, 7) is 0. The largest absolute Gasteiger partial charge is 0.456 e. The molecule has 252 valence electrons. The number of hydrogen-bond donors (Lipinski definition) is 0. The zero-order chi connectivity index (χ0) is 35.3. The Kier molecular flexibility index (Phi) is 6.20. The highest BCUT2D eigenvalue weighted by molar-refractivity contribution is 6.24. The molecule has 1 aliphatic rings. The van der Waals surface area contributed by atoms with Crippen molar-refractivity contribution < 1.29 is 8.83 Å². The van der Waals surface area contributed by atoms with Crippen LogP contribution in [0.4, 0.5) is 0 Å². The summed E-state index contributed by atoms with van der Waals surface area (Å²) in [5.41, 5.74) is 10.1. The van der Waals surface area contributed by atoms with Gasteiger partial charge in [-0.05, 0) is 102 Å². The minimum atomic E-state index is 0.205. The van der Waals surface area contributed by atoms with Crippen LogP contribution in [0, 0.1) is 0 Å². The molecule has 0 radical (unpaired) electrons. The van der Waals surface area contributed by atoms with E-state index in [4.69, 9.17) is 8.83 Å². The molecule has 9 aromatic carbocycles. The maximum atomic E-state index is 6.50. The minimum Gasteiger partial charge on any atom is -0.456 e. The molecule has 0 aliphatic heterocycles. The van der Waals surface area contributed by atoms with Gasteiger partial charge in [0.15, 0.2) is 0 Å². The van der Waals surface area contributed by atoms with Gasteiger partial charge in [-0.2, -0.15) is 0 Å². The van der Waals surface area contributed by atoms with E-state index in [1.165, 1.54) is 65.4 Å². The fourth-order valence-electron chi connectivity index (χ4n) is 9.38. The third-order valence-corrected chi connectivity index (χ3v) is 11.8. The molecule has 0 bridgehead atoms. The van der Waals surface area contributed by atoms with Gasteiger partial charge in [0.2, 0.25) is 0 Å². The molecule has 1 atom stereocenters. The van der Waals surface area contributed by atoms with Crippen molar-refractivity contribution in [3.63, 3.8) is 0 Å². The number of fused-ring (bicyclic) bond motifs is 12. The molecule has 0 saturated heterocycles. The van der Waals surface area contributed by atoms with Crippen molar-refractivity contribution in [1.29, 1.82) is 0 Å². The Bertz CT molecular complexity index is 3420. The first kappa shape index (κ1) is 29.7. The molecule has 2 heteroatoms. The normalized spacial score (nSPS) is 14.3. The molecular weight excluding hydrogens is 657 g/mol. The predicted molar refractivity (Wildman–Crippen MR) is 226 cm³/mol. The van der Waals surface area contributed by atoms with Crippen LogP contribution in [0.3, 0.4) is 0 Å². The van der Waals surface area contributed by atoms with Gasteiger partial charge in [-0.1, -0.05) is 146 Å². The van der Waals surface area contributed by atoms with Crippen LogP contribution >= 0.6 is 0 Å². The van der Waals surface area contributed by atoms with Crippen LogP contribution in [0.2, 0.25) is 0 Å². The Morgan fingerprint density at radius 2 is 1.07 bits per heavy atom. The number of hydrogen-bond acceptors (Lipinski definition) is 2. The highest BCUT2D eigenvalue weighted by atomic mass is 16.3. The lowest BCUT2D eigenvalue weighted by Crippen LogP contribution is -2.25. The lowest BCUT2D eigenvalue weighted by molar-refractivity contribution is 0.570. The molecule has 1 unspecified atom stereocenters. The van der Waals surface area contributed by atoms with E-state index < -0.39 is 0 Å². The van der Waals surface area contributed by atoms with Crippen LogP contribution in [-0.4, -0.2) is 0 Å². The third kappa shape index (κ3) is 4.22. The summed E-state index contributed by atoms with van der Waals surface area (Å²) in [5.74, 6) is 0.205. The van der Waals surface area contributed by atoms with Crippen molar-refractivity contribution >= 4 is 88.1 Å². The molecule has 1 aliphatic carbocycles. The standard InChI is InChI=1S/C52H32O2/c1-2-15-35-31(11-1)12-10-21-37(35)50-40-19-5-3-17-38(40)49(39-18-4-6-20-41(39)50)34-14-9-13-32(29-34)33-23-27-47-45(30-33)51-42-24-25-43-36-16-7-8-22-46(36)54-52(43)44(42)26-28-48(51)53-47/h1-22,24-30,33H,23H2. The number of benzene rings is 9. The van der Waals surface area contributed by atoms with Crippen molar-refractivity contribution in [1.82, 2.24) is 0 Å². The second-order valence-electron chi connectivity index (χ2n) is 14.7. The van der Waals surface area contributed by atoms with Gasteiger partial charge in [-0.3, -0.25) is 0 Å². The van der Waals surface area contributed by atoms with Crippen LogP contribution in [0.25, 0.3) is 110 Å². The fourth-order valence-corrected chi connectivity index (χ4v) is 9.38. The summed E-state index contributed by atoms with van der Waals surface area (Å²) in [6, 6.07) is 59.5. The molecule has 2 aromatic heterocycles. The Balaban J connectivity index is 1.05. The SMILES string of the molecule is C1=c2oc3ccc4c(ccc5c6ccccc6oc54)c3c2=CC(c2cccc(-c3c4ccccc4c(-c4cccc5ccccc45)c4ccccc34)c2)C1. The highest BCUT2D eigenvalue weighted by Gasteiger charge is 2.21. The number of rotatable bonds is 3. The van der Waals surface area contributed by atoms with Gasteiger partial charge in [-0.25, -0.2) is 0 Å². The highest BCUT2D eigenvalue weighted by Crippen LogP contribution is 2.46. The van der Waals surface area contributed by atoms with Crippen molar-refractivity contribution in [3.05, 3.63) is 180 Å². The molecule has 0 fully saturated rings. The summed E-state index contributed by atoms with van der Waals surface area (Å²) in [6.07, 6.45) is 5.59. The molecular formula is C52H32O2. The molecule has 0 amide bonds. The Hall–Kier alpha value is -6.90. The van der Waals surface area contributed by atoms with E-state index in [0.717, 1.165) is 55.5 Å². The maximum Gasteiger partial charge on any atom is 0.143 e. The molecule has 0 N–H and O–H groups in total. The maximum absolute atomic E-state index is 6.50. The minimum absolute atomic E-state index is 0.205. The van der Waals surface area contributed by atoms with Gasteiger partial charge in [-0.15, -0.1) is 0 Å². The smallest absolute Gasteiger partial charge is 0.143 e. The molecule has 2 nitrogen and oxygen atoms in total. The van der Waals surface area contributed by atoms with Gasteiger partial charge < -0.3 is 8.83 Å². The molecule has 0 saturated carbocycles. The Labute approximate surface area is 310 Å². The molecule has 54 heavy (non-hydrogen) atoms. The van der Waals surface area contributed by atoms with Gasteiger partial charge in [0, 0.05) is 32.7 Å². The zero-order valence-electron chi connectivity index (χ0n) is 29.3. The van der Waals surface area contributed by atoms with Crippen LogP contribution < -0.4 is 10.6 Å². The molecule has 12 rings (SSSR count). The molecule has 2 heterocycles. The second-order valence-corrected chi connectivity index (χ2v) is 14.7. The summed E-state index contributed by atoms with van der Waals surface area (Å²) >= 11 is 0. The van der Waals surface area contributed by atoms with E-state index >= 15 is 0 Å². The van der Waals surface area contributed by atoms with Crippen LogP contribution in [0.5, 0.6) is 0 Å². The second kappa shape index (κ2) is 11.3. The predicted octanol–water partition coefficient (Wildman–Crippen LogP) is 13.0. The van der Waals surface area contributed by atoms with Crippen LogP contribution in [0.1, 0.15) is 17.9 Å². The first-order valence-electron chi connectivity index (χ1n) is 18.8. The number of furan rings is 2. The Morgan fingerprint density at radius 3 is 1.89 bits per heavy atom. The monoisotopic (exact) mass is 688 g/mol. The van der Waals surface area contributed by atoms with E-state index in [1.54, 1.807) is 0 Å². The quantitative estimate of drug-likeness (QED) is 0.173. The van der Waals surface area contributed by atoms with Crippen molar-refractivity contribution in [2.24, 2.45) is 0 Å². The van der Waals surface area contributed by atoms with E-state index in [0.29, 0.717) is 0 Å². The van der Waals surface area contributed by atoms with E-state index in [-0.39, 0.29) is 5.92 Å². The summed E-state index contributed by atoms with van der Waals surface area (Å²) in [4.78, 5) is 0. The van der Waals surface area contributed by atoms with E-state index in [1.807, 2.05) is 12.1 Å². The van der Waals surface area contributed by atoms with Gasteiger partial charge in [0.25, 0.3) is 0 Å². The summed E-state index contributed by atoms with van der Waals surface area (Å²) < 4.78 is 12.9. The first-order valence-corrected chi connectivity index (χ1v) is 18.8. The molecule has 0 spiro atoms. The average Bonchev–Trinajstić information content (AvgIpc) is 3.81. The lowest BCUT2D eigenvalue weighted by atomic mass is 9.83.